The van der Waals surface area contributed by atoms with Crippen molar-refractivity contribution in [3.8, 4) is 0 Å². The van der Waals surface area contributed by atoms with Crippen LogP contribution < -0.4 is 4.31 Å². The molecule has 1 aliphatic carbocycles. The summed E-state index contributed by atoms with van der Waals surface area (Å²) in [6.07, 6.45) is 3.06. The first-order chi connectivity index (χ1) is 9.03. The number of rotatable bonds is 3. The monoisotopic (exact) mass is 299 g/mol. The molecule has 0 radical (unpaired) electrons. The van der Waals surface area contributed by atoms with Crippen LogP contribution in [0, 0.1) is 5.82 Å². The van der Waals surface area contributed by atoms with Crippen LogP contribution in [0.3, 0.4) is 0 Å². The summed E-state index contributed by atoms with van der Waals surface area (Å²) in [5.74, 6) is -0.136. The van der Waals surface area contributed by atoms with Gasteiger partial charge >= 0.3 is 0 Å². The van der Waals surface area contributed by atoms with Crippen LogP contribution >= 0.6 is 0 Å². The van der Waals surface area contributed by atoms with Crippen LogP contribution in [-0.2, 0) is 15.4 Å². The van der Waals surface area contributed by atoms with Crippen LogP contribution in [0.1, 0.15) is 50.7 Å². The Kier molecular flexibility index (Phi) is 3.61. The maximum atomic E-state index is 14.8. The van der Waals surface area contributed by atoms with E-state index in [0.29, 0.717) is 11.1 Å². The minimum Gasteiger partial charge on any atom is -0.270 e. The van der Waals surface area contributed by atoms with E-state index < -0.39 is 10.0 Å². The predicted molar refractivity (Wildman–Crippen MR) is 80.3 cm³/mol. The molecule has 1 fully saturated rings. The molecule has 0 N–H and O–H groups in total. The zero-order valence-electron chi connectivity index (χ0n) is 12.7. The average molecular weight is 299 g/mol. The molecule has 1 saturated carbocycles. The van der Waals surface area contributed by atoms with Gasteiger partial charge in [-0.25, -0.2) is 12.8 Å². The van der Waals surface area contributed by atoms with Crippen LogP contribution in [0.25, 0.3) is 0 Å². The van der Waals surface area contributed by atoms with E-state index in [9.17, 15) is 12.8 Å². The van der Waals surface area contributed by atoms with Crippen LogP contribution in [0.15, 0.2) is 12.1 Å². The topological polar surface area (TPSA) is 37.4 Å². The second-order valence-electron chi connectivity index (χ2n) is 6.62. The summed E-state index contributed by atoms with van der Waals surface area (Å²) in [6.45, 7) is 5.87. The van der Waals surface area contributed by atoms with Gasteiger partial charge in [0.15, 0.2) is 5.82 Å². The van der Waals surface area contributed by atoms with Gasteiger partial charge in [0.1, 0.15) is 0 Å². The maximum absolute atomic E-state index is 14.8. The van der Waals surface area contributed by atoms with Crippen LogP contribution in [0.2, 0.25) is 0 Å². The van der Waals surface area contributed by atoms with Gasteiger partial charge in [0.05, 0.1) is 11.9 Å². The van der Waals surface area contributed by atoms with Gasteiger partial charge in [0.2, 0.25) is 10.0 Å². The summed E-state index contributed by atoms with van der Waals surface area (Å²) in [6, 6.07) is 3.68. The molecule has 0 aromatic heterocycles. The van der Waals surface area contributed by atoms with E-state index >= 15 is 0 Å². The molecule has 1 aromatic rings. The minimum atomic E-state index is -3.49. The van der Waals surface area contributed by atoms with E-state index in [1.54, 1.807) is 0 Å². The van der Waals surface area contributed by atoms with Gasteiger partial charge in [0.25, 0.3) is 0 Å². The Labute approximate surface area is 120 Å². The molecule has 1 aromatic carbocycles. The van der Waals surface area contributed by atoms with Crippen molar-refractivity contribution in [2.75, 3.05) is 17.6 Å². The molecular formula is C15H22FNO2S. The number of halogens is 1. The molecule has 0 spiro atoms. The Morgan fingerprint density at radius 3 is 2.20 bits per heavy atom. The van der Waals surface area contributed by atoms with Gasteiger partial charge in [-0.05, 0) is 35.3 Å². The Bertz CT molecular complexity index is 628. The number of nitrogens with zero attached hydrogens (tertiary/aromatic N) is 1. The molecule has 5 heteroatoms. The molecule has 0 unspecified atom stereocenters. The fourth-order valence-corrected chi connectivity index (χ4v) is 2.88. The van der Waals surface area contributed by atoms with E-state index in [0.717, 1.165) is 23.4 Å². The molecule has 2 rings (SSSR count). The first-order valence-electron chi connectivity index (χ1n) is 6.80. The average Bonchev–Trinajstić information content (AvgIpc) is 3.09. The number of hydrogen-bond acceptors (Lipinski definition) is 2. The summed E-state index contributed by atoms with van der Waals surface area (Å²) in [5.41, 5.74) is 1.23. The van der Waals surface area contributed by atoms with Crippen molar-refractivity contribution in [3.63, 3.8) is 0 Å². The summed E-state index contributed by atoms with van der Waals surface area (Å²) in [4.78, 5) is 0. The third kappa shape index (κ3) is 2.82. The highest BCUT2D eigenvalue weighted by molar-refractivity contribution is 7.92. The van der Waals surface area contributed by atoms with Crippen molar-refractivity contribution >= 4 is 15.7 Å². The molecular weight excluding hydrogens is 277 g/mol. The van der Waals surface area contributed by atoms with Gasteiger partial charge in [0, 0.05) is 7.05 Å². The van der Waals surface area contributed by atoms with Gasteiger partial charge < -0.3 is 0 Å². The smallest absolute Gasteiger partial charge is 0.232 e. The fourth-order valence-electron chi connectivity index (χ4n) is 2.37. The summed E-state index contributed by atoms with van der Waals surface area (Å²) in [7, 11) is -2.07. The second-order valence-corrected chi connectivity index (χ2v) is 8.63. The van der Waals surface area contributed by atoms with Crippen molar-refractivity contribution in [1.29, 1.82) is 0 Å². The lowest BCUT2D eigenvalue weighted by Crippen LogP contribution is -2.29. The van der Waals surface area contributed by atoms with Crippen molar-refractivity contribution in [2.24, 2.45) is 0 Å². The van der Waals surface area contributed by atoms with E-state index in [1.807, 2.05) is 32.9 Å². The molecule has 0 atom stereocenters. The summed E-state index contributed by atoms with van der Waals surface area (Å²) in [5, 5.41) is 0. The van der Waals surface area contributed by atoms with Crippen molar-refractivity contribution < 1.29 is 12.8 Å². The second kappa shape index (κ2) is 4.72. The maximum Gasteiger partial charge on any atom is 0.232 e. The molecule has 112 valence electrons. The van der Waals surface area contributed by atoms with E-state index in [2.05, 4.69) is 0 Å². The first kappa shape index (κ1) is 15.3. The van der Waals surface area contributed by atoms with Gasteiger partial charge in [-0.2, -0.15) is 0 Å². The molecule has 20 heavy (non-hydrogen) atoms. The van der Waals surface area contributed by atoms with E-state index in [1.165, 1.54) is 7.05 Å². The fraction of sp³-hybridized carbons (Fsp3) is 0.600. The van der Waals surface area contributed by atoms with Gasteiger partial charge in [-0.15, -0.1) is 0 Å². The van der Waals surface area contributed by atoms with E-state index in [4.69, 9.17) is 0 Å². The van der Waals surface area contributed by atoms with Gasteiger partial charge in [-0.3, -0.25) is 4.31 Å². The largest absolute Gasteiger partial charge is 0.270 e. The highest BCUT2D eigenvalue weighted by atomic mass is 32.2. The summed E-state index contributed by atoms with van der Waals surface area (Å²) >= 11 is 0. The Morgan fingerprint density at radius 2 is 1.80 bits per heavy atom. The van der Waals surface area contributed by atoms with Crippen molar-refractivity contribution in [3.05, 3.63) is 29.1 Å². The van der Waals surface area contributed by atoms with Crippen molar-refractivity contribution in [2.45, 2.75) is 44.9 Å². The molecule has 0 amide bonds. The Hall–Kier alpha value is -1.10. The molecule has 3 nitrogen and oxygen atoms in total. The Morgan fingerprint density at radius 1 is 1.25 bits per heavy atom. The zero-order chi connectivity index (χ0) is 15.3. The highest BCUT2D eigenvalue weighted by Gasteiger charge is 2.33. The predicted octanol–water partition coefficient (Wildman–Crippen LogP) is 3.40. The number of sulfonamides is 1. The molecule has 0 bridgehead atoms. The first-order valence-corrected chi connectivity index (χ1v) is 8.65. The quantitative estimate of drug-likeness (QED) is 0.858. The number of benzene rings is 1. The zero-order valence-corrected chi connectivity index (χ0v) is 13.5. The van der Waals surface area contributed by atoms with Crippen LogP contribution in [-0.4, -0.2) is 21.7 Å². The molecule has 0 heterocycles. The Balaban J connectivity index is 2.69. The lowest BCUT2D eigenvalue weighted by Gasteiger charge is -2.29. The highest BCUT2D eigenvalue weighted by Crippen LogP contribution is 2.45. The standard InChI is InChI=1S/C15H22FNO2S/c1-15(2,3)12-9-8-11(10-6-7-10)13(16)14(12)17(4)20(5,18)19/h8-10H,6-7H2,1-5H3. The number of hydrogen-bond donors (Lipinski definition) is 0. The molecule has 0 aliphatic heterocycles. The third-order valence-corrected chi connectivity index (χ3v) is 4.96. The SMILES string of the molecule is CN(c1c(C(C)(C)C)ccc(C2CC2)c1F)S(C)(=O)=O. The normalized spacial score (nSPS) is 16.3. The van der Waals surface area contributed by atoms with Gasteiger partial charge in [-0.1, -0.05) is 32.9 Å². The van der Waals surface area contributed by atoms with Crippen LogP contribution in [0.5, 0.6) is 0 Å². The molecule has 1 aliphatic rings. The lowest BCUT2D eigenvalue weighted by atomic mass is 9.84. The molecule has 0 saturated heterocycles. The minimum absolute atomic E-state index is 0.199. The van der Waals surface area contributed by atoms with Crippen LogP contribution in [0.4, 0.5) is 10.1 Å². The van der Waals surface area contributed by atoms with E-state index in [-0.39, 0.29) is 22.8 Å². The lowest BCUT2D eigenvalue weighted by molar-refractivity contribution is 0.563. The van der Waals surface area contributed by atoms with Crippen molar-refractivity contribution in [1.82, 2.24) is 0 Å². The summed E-state index contributed by atoms with van der Waals surface area (Å²) < 4.78 is 39.5. The third-order valence-electron chi connectivity index (χ3n) is 3.78. The number of anilines is 1.